The fourth-order valence-corrected chi connectivity index (χ4v) is 3.47. The van der Waals surface area contributed by atoms with Gasteiger partial charge in [0.2, 0.25) is 0 Å². The first-order valence-corrected chi connectivity index (χ1v) is 8.68. The first-order chi connectivity index (χ1) is 12.7. The number of H-pyrrole nitrogens is 1. The Labute approximate surface area is 149 Å². The van der Waals surface area contributed by atoms with Gasteiger partial charge in [0, 0.05) is 0 Å². The van der Waals surface area contributed by atoms with Crippen LogP contribution < -0.4 is 4.90 Å². The molecule has 132 valence electrons. The van der Waals surface area contributed by atoms with Crippen LogP contribution in [0.2, 0.25) is 0 Å². The average Bonchev–Trinajstić information content (AvgIpc) is 3.20. The number of halogens is 1. The maximum atomic E-state index is 12.7. The zero-order valence-electron chi connectivity index (χ0n) is 14.1. The molecule has 4 rings (SSSR count). The van der Waals surface area contributed by atoms with E-state index in [2.05, 4.69) is 9.97 Å². The average molecular weight is 351 g/mol. The standard InChI is InChI=1S/C20H18FN3O2/c21-12-6-5-11-17(19-22-14-8-2-3-9-15(14)23-19)24-16-10-4-1-7-13(16)18(25)20(24)26/h1-4,7-10,17H,5-6,11-12H2,(H,22,23). The lowest BCUT2D eigenvalue weighted by Crippen LogP contribution is -2.34. The fraction of sp³-hybridized carbons (Fsp3) is 0.250. The van der Waals surface area contributed by atoms with E-state index in [4.69, 9.17) is 0 Å². The van der Waals surface area contributed by atoms with Gasteiger partial charge in [-0.15, -0.1) is 0 Å². The molecule has 1 aliphatic heterocycles. The number of hydrogen-bond donors (Lipinski definition) is 1. The van der Waals surface area contributed by atoms with Crippen molar-refractivity contribution in [3.05, 3.63) is 59.9 Å². The maximum Gasteiger partial charge on any atom is 0.300 e. The molecule has 0 radical (unpaired) electrons. The molecule has 2 aromatic carbocycles. The van der Waals surface area contributed by atoms with E-state index < -0.39 is 24.4 Å². The molecule has 1 aliphatic rings. The Kier molecular flexibility index (Phi) is 4.24. The predicted molar refractivity (Wildman–Crippen MR) is 96.9 cm³/mol. The normalized spacial score (nSPS) is 14.9. The second-order valence-electron chi connectivity index (χ2n) is 6.36. The molecule has 6 heteroatoms. The van der Waals surface area contributed by atoms with Crippen LogP contribution in [0.4, 0.5) is 10.1 Å². The molecule has 1 unspecified atom stereocenters. The number of ketones is 1. The first kappa shape index (κ1) is 16.4. The smallest absolute Gasteiger partial charge is 0.300 e. The van der Waals surface area contributed by atoms with E-state index in [1.807, 2.05) is 24.3 Å². The number of unbranched alkanes of at least 4 members (excludes halogenated alkanes) is 1. The highest BCUT2D eigenvalue weighted by atomic mass is 19.1. The molecule has 1 amide bonds. The van der Waals surface area contributed by atoms with Gasteiger partial charge < -0.3 is 4.98 Å². The van der Waals surface area contributed by atoms with E-state index >= 15 is 0 Å². The highest BCUT2D eigenvalue weighted by Crippen LogP contribution is 2.37. The summed E-state index contributed by atoms with van der Waals surface area (Å²) >= 11 is 0. The molecule has 0 saturated heterocycles. The van der Waals surface area contributed by atoms with Crippen LogP contribution in [0.3, 0.4) is 0 Å². The van der Waals surface area contributed by atoms with Gasteiger partial charge in [0.15, 0.2) is 0 Å². The summed E-state index contributed by atoms with van der Waals surface area (Å²) in [5, 5.41) is 0. The number of carbonyl (C=O) groups excluding carboxylic acids is 2. The number of Topliss-reactive ketones (excluding diaryl/α,β-unsaturated/α-hetero) is 1. The number of fused-ring (bicyclic) bond motifs is 2. The molecule has 2 heterocycles. The maximum absolute atomic E-state index is 12.7. The van der Waals surface area contributed by atoms with Gasteiger partial charge in [0.05, 0.1) is 35.0 Å². The zero-order valence-corrected chi connectivity index (χ0v) is 14.1. The van der Waals surface area contributed by atoms with Gasteiger partial charge in [-0.25, -0.2) is 4.98 Å². The van der Waals surface area contributed by atoms with Crippen LogP contribution in [0.5, 0.6) is 0 Å². The van der Waals surface area contributed by atoms with Gasteiger partial charge in [0.1, 0.15) is 5.82 Å². The van der Waals surface area contributed by atoms with Gasteiger partial charge >= 0.3 is 0 Å². The number of anilines is 1. The minimum atomic E-state index is -0.558. The fourth-order valence-electron chi connectivity index (χ4n) is 3.47. The molecular weight excluding hydrogens is 333 g/mol. The Bertz CT molecular complexity index is 949. The van der Waals surface area contributed by atoms with Gasteiger partial charge in [-0.1, -0.05) is 24.3 Å². The minimum Gasteiger partial charge on any atom is -0.340 e. The Morgan fingerprint density at radius 1 is 1.04 bits per heavy atom. The van der Waals surface area contributed by atoms with Crippen molar-refractivity contribution in [2.24, 2.45) is 0 Å². The third-order valence-electron chi connectivity index (χ3n) is 4.72. The first-order valence-electron chi connectivity index (χ1n) is 8.68. The van der Waals surface area contributed by atoms with Crippen molar-refractivity contribution in [2.45, 2.75) is 25.3 Å². The number of carbonyl (C=O) groups is 2. The lowest BCUT2D eigenvalue weighted by atomic mass is 10.1. The van der Waals surface area contributed by atoms with Crippen LogP contribution in [0, 0.1) is 0 Å². The highest BCUT2D eigenvalue weighted by Gasteiger charge is 2.40. The summed E-state index contributed by atoms with van der Waals surface area (Å²) in [6.07, 6.45) is 1.53. The summed E-state index contributed by atoms with van der Waals surface area (Å²) in [7, 11) is 0. The number of rotatable bonds is 6. The van der Waals surface area contributed by atoms with Crippen molar-refractivity contribution < 1.29 is 14.0 Å². The molecule has 1 aromatic heterocycles. The zero-order chi connectivity index (χ0) is 18.1. The summed E-state index contributed by atoms with van der Waals surface area (Å²) in [5.74, 6) is -0.452. The quantitative estimate of drug-likeness (QED) is 0.540. The van der Waals surface area contributed by atoms with Crippen LogP contribution >= 0.6 is 0 Å². The van der Waals surface area contributed by atoms with Crippen molar-refractivity contribution in [2.75, 3.05) is 11.6 Å². The SMILES string of the molecule is O=C1C(=O)N(C(CCCCF)c2nc3ccccc3[nH]2)c2ccccc21. The summed E-state index contributed by atoms with van der Waals surface area (Å²) in [4.78, 5) is 34.4. The molecule has 1 N–H and O–H groups in total. The number of imidazole rings is 1. The van der Waals surface area contributed by atoms with E-state index in [-0.39, 0.29) is 0 Å². The molecule has 3 aromatic rings. The van der Waals surface area contributed by atoms with Gasteiger partial charge in [-0.3, -0.25) is 18.9 Å². The van der Waals surface area contributed by atoms with E-state index in [0.29, 0.717) is 36.3 Å². The monoisotopic (exact) mass is 351 g/mol. The second kappa shape index (κ2) is 6.71. The molecule has 0 saturated carbocycles. The summed E-state index contributed by atoms with van der Waals surface area (Å²) < 4.78 is 12.6. The molecule has 1 atom stereocenters. The lowest BCUT2D eigenvalue weighted by Gasteiger charge is -2.26. The summed E-state index contributed by atoms with van der Waals surface area (Å²) in [6.45, 7) is -0.406. The number of para-hydroxylation sites is 3. The molecule has 26 heavy (non-hydrogen) atoms. The minimum absolute atomic E-state index is 0.406. The van der Waals surface area contributed by atoms with Gasteiger partial charge in [-0.2, -0.15) is 0 Å². The molecular formula is C20H18FN3O2. The van der Waals surface area contributed by atoms with Crippen molar-refractivity contribution in [1.82, 2.24) is 9.97 Å². The van der Waals surface area contributed by atoms with Crippen LogP contribution in [-0.2, 0) is 4.79 Å². The Morgan fingerprint density at radius 2 is 1.81 bits per heavy atom. The van der Waals surface area contributed by atoms with Crippen LogP contribution in [0.15, 0.2) is 48.5 Å². The number of aromatic amines is 1. The van der Waals surface area contributed by atoms with Gasteiger partial charge in [-0.05, 0) is 43.5 Å². The van der Waals surface area contributed by atoms with E-state index in [1.165, 1.54) is 4.90 Å². The van der Waals surface area contributed by atoms with E-state index in [1.54, 1.807) is 24.3 Å². The van der Waals surface area contributed by atoms with Crippen molar-refractivity contribution in [3.63, 3.8) is 0 Å². The van der Waals surface area contributed by atoms with Crippen molar-refractivity contribution in [1.29, 1.82) is 0 Å². The van der Waals surface area contributed by atoms with Crippen molar-refractivity contribution in [3.8, 4) is 0 Å². The predicted octanol–water partition coefficient (Wildman–Crippen LogP) is 3.97. The highest BCUT2D eigenvalue weighted by molar-refractivity contribution is 6.52. The third-order valence-corrected chi connectivity index (χ3v) is 4.72. The van der Waals surface area contributed by atoms with Crippen LogP contribution in [-0.4, -0.2) is 28.3 Å². The number of aromatic nitrogens is 2. The molecule has 0 bridgehead atoms. The number of nitrogens with zero attached hydrogens (tertiary/aromatic N) is 2. The number of benzene rings is 2. The summed E-state index contributed by atoms with van der Waals surface area (Å²) in [5.41, 5.74) is 2.66. The van der Waals surface area contributed by atoms with Gasteiger partial charge in [0.25, 0.3) is 11.7 Å². The summed E-state index contributed by atoms with van der Waals surface area (Å²) in [6, 6.07) is 14.1. The second-order valence-corrected chi connectivity index (χ2v) is 6.36. The third kappa shape index (κ3) is 2.67. The lowest BCUT2D eigenvalue weighted by molar-refractivity contribution is -0.114. The van der Waals surface area contributed by atoms with E-state index in [9.17, 15) is 14.0 Å². The largest absolute Gasteiger partial charge is 0.340 e. The molecule has 0 spiro atoms. The Balaban J connectivity index is 1.78. The Hall–Kier alpha value is -3.02. The molecule has 0 fully saturated rings. The number of nitrogens with one attached hydrogen (secondary N) is 1. The number of amides is 1. The van der Waals surface area contributed by atoms with Crippen molar-refractivity contribution >= 4 is 28.4 Å². The van der Waals surface area contributed by atoms with Crippen LogP contribution in [0.1, 0.15) is 41.5 Å². The molecule has 5 nitrogen and oxygen atoms in total. The topological polar surface area (TPSA) is 66.1 Å². The van der Waals surface area contributed by atoms with E-state index in [0.717, 1.165) is 11.0 Å². The number of hydrogen-bond acceptors (Lipinski definition) is 3. The molecule has 0 aliphatic carbocycles. The number of alkyl halides is 1. The Morgan fingerprint density at radius 3 is 2.62 bits per heavy atom. The van der Waals surface area contributed by atoms with Crippen LogP contribution in [0.25, 0.3) is 11.0 Å².